The van der Waals surface area contributed by atoms with Crippen molar-refractivity contribution in [1.82, 2.24) is 14.5 Å². The number of aromatic nitrogens is 3. The second-order valence-electron chi connectivity index (χ2n) is 5.48. The first-order valence-electron chi connectivity index (χ1n) is 7.26. The van der Waals surface area contributed by atoms with Crippen LogP contribution < -0.4 is 5.56 Å². The molecule has 1 saturated heterocycles. The van der Waals surface area contributed by atoms with Gasteiger partial charge in [0.2, 0.25) is 0 Å². The van der Waals surface area contributed by atoms with E-state index in [0.717, 1.165) is 33.6 Å². The van der Waals surface area contributed by atoms with Crippen molar-refractivity contribution in [3.8, 4) is 0 Å². The number of nitrogens with zero attached hydrogens (tertiary/aromatic N) is 3. The number of halogens is 1. The molecule has 0 radical (unpaired) electrons. The van der Waals surface area contributed by atoms with Crippen LogP contribution in [0.5, 0.6) is 0 Å². The minimum absolute atomic E-state index is 0.0105. The van der Waals surface area contributed by atoms with Crippen molar-refractivity contribution in [1.29, 1.82) is 0 Å². The van der Waals surface area contributed by atoms with Gasteiger partial charge in [0.1, 0.15) is 0 Å². The molecule has 3 aromatic rings. The summed E-state index contributed by atoms with van der Waals surface area (Å²) in [7, 11) is 0. The number of hydrogen-bond donors (Lipinski definition) is 0. The van der Waals surface area contributed by atoms with E-state index < -0.39 is 0 Å². The van der Waals surface area contributed by atoms with Gasteiger partial charge in [-0.1, -0.05) is 15.9 Å². The average molecular weight is 360 g/mol. The molecule has 6 heteroatoms. The van der Waals surface area contributed by atoms with E-state index in [1.54, 1.807) is 23.3 Å². The lowest BCUT2D eigenvalue weighted by Gasteiger charge is -2.24. The molecule has 1 aromatic carbocycles. The van der Waals surface area contributed by atoms with Gasteiger partial charge in [-0.2, -0.15) is 0 Å². The van der Waals surface area contributed by atoms with E-state index in [-0.39, 0.29) is 11.6 Å². The summed E-state index contributed by atoms with van der Waals surface area (Å²) < 4.78 is 8.00. The Bertz CT molecular complexity index is 916. The van der Waals surface area contributed by atoms with E-state index in [4.69, 9.17) is 4.74 Å². The molecule has 0 atom stereocenters. The van der Waals surface area contributed by atoms with Gasteiger partial charge >= 0.3 is 0 Å². The summed E-state index contributed by atoms with van der Waals surface area (Å²) >= 11 is 3.54. The highest BCUT2D eigenvalue weighted by Gasteiger charge is 2.19. The van der Waals surface area contributed by atoms with Gasteiger partial charge in [-0.15, -0.1) is 0 Å². The number of hydrogen-bond acceptors (Lipinski definition) is 4. The molecule has 0 amide bonds. The van der Waals surface area contributed by atoms with Gasteiger partial charge in [0.05, 0.1) is 17.2 Å². The lowest BCUT2D eigenvalue weighted by Crippen LogP contribution is -2.29. The Balaban J connectivity index is 1.99. The topological polar surface area (TPSA) is 57.0 Å². The summed E-state index contributed by atoms with van der Waals surface area (Å²) in [6, 6.07) is 3.92. The first kappa shape index (κ1) is 13.8. The number of rotatable bonds is 1. The van der Waals surface area contributed by atoms with Gasteiger partial charge < -0.3 is 4.74 Å². The molecule has 0 N–H and O–H groups in total. The van der Waals surface area contributed by atoms with Crippen LogP contribution >= 0.6 is 15.9 Å². The van der Waals surface area contributed by atoms with Crippen LogP contribution in [0.3, 0.4) is 0 Å². The Labute approximate surface area is 135 Å². The van der Waals surface area contributed by atoms with Gasteiger partial charge in [-0.05, 0) is 25.0 Å². The summed E-state index contributed by atoms with van der Waals surface area (Å²) in [4.78, 5) is 21.6. The smallest absolute Gasteiger partial charge is 0.261 e. The second kappa shape index (κ2) is 5.44. The molecule has 1 aliphatic heterocycles. The van der Waals surface area contributed by atoms with E-state index in [0.29, 0.717) is 18.6 Å². The maximum Gasteiger partial charge on any atom is 0.261 e. The summed E-state index contributed by atoms with van der Waals surface area (Å²) in [5.74, 6) is 0. The van der Waals surface area contributed by atoms with Crippen molar-refractivity contribution >= 4 is 37.6 Å². The van der Waals surface area contributed by atoms with E-state index in [9.17, 15) is 4.79 Å². The van der Waals surface area contributed by atoms with Gasteiger partial charge in [0.15, 0.2) is 0 Å². The van der Waals surface area contributed by atoms with Crippen LogP contribution in [0.25, 0.3) is 21.7 Å². The molecule has 0 unspecified atom stereocenters. The highest BCUT2D eigenvalue weighted by molar-refractivity contribution is 9.10. The number of benzene rings is 1. The Morgan fingerprint density at radius 1 is 1.23 bits per heavy atom. The van der Waals surface area contributed by atoms with Crippen LogP contribution in [0, 0.1) is 0 Å². The van der Waals surface area contributed by atoms with Crippen molar-refractivity contribution in [2.45, 2.75) is 18.9 Å². The Kier molecular flexibility index (Phi) is 3.43. The fourth-order valence-corrected chi connectivity index (χ4v) is 3.59. The summed E-state index contributed by atoms with van der Waals surface area (Å²) in [6.07, 6.45) is 6.89. The van der Waals surface area contributed by atoms with Crippen molar-refractivity contribution in [2.75, 3.05) is 13.2 Å². The predicted molar refractivity (Wildman–Crippen MR) is 88.1 cm³/mol. The molecule has 22 heavy (non-hydrogen) atoms. The standard InChI is InChI=1S/C16H14BrN3O2/c17-14-7-12-15(11-1-4-18-8-13(11)14)19-9-20(16(12)21)10-2-5-22-6-3-10/h1,4,7-10H,2-3,5-6H2. The minimum atomic E-state index is 0.0105. The molecule has 1 aliphatic rings. The zero-order chi connectivity index (χ0) is 15.1. The number of ether oxygens (including phenoxy) is 1. The Hall–Kier alpha value is -1.79. The van der Waals surface area contributed by atoms with Gasteiger partial charge in [0.25, 0.3) is 5.56 Å². The normalized spacial score (nSPS) is 16.4. The van der Waals surface area contributed by atoms with Crippen molar-refractivity contribution in [3.63, 3.8) is 0 Å². The van der Waals surface area contributed by atoms with Crippen LogP contribution in [0.15, 0.2) is 40.1 Å². The number of pyridine rings is 1. The van der Waals surface area contributed by atoms with Gasteiger partial charge in [-0.3, -0.25) is 14.3 Å². The monoisotopic (exact) mass is 359 g/mol. The van der Waals surface area contributed by atoms with Crippen LogP contribution in [0.1, 0.15) is 18.9 Å². The van der Waals surface area contributed by atoms with Gasteiger partial charge in [-0.25, -0.2) is 4.98 Å². The largest absolute Gasteiger partial charge is 0.381 e. The van der Waals surface area contributed by atoms with Crippen LogP contribution in [0.4, 0.5) is 0 Å². The molecule has 112 valence electrons. The van der Waals surface area contributed by atoms with Crippen LogP contribution in [-0.2, 0) is 4.74 Å². The third-order valence-electron chi connectivity index (χ3n) is 4.22. The van der Waals surface area contributed by atoms with E-state index in [2.05, 4.69) is 25.9 Å². The molecular weight excluding hydrogens is 346 g/mol. The van der Waals surface area contributed by atoms with E-state index >= 15 is 0 Å². The Morgan fingerprint density at radius 2 is 2.05 bits per heavy atom. The highest BCUT2D eigenvalue weighted by atomic mass is 79.9. The molecule has 1 fully saturated rings. The van der Waals surface area contributed by atoms with Gasteiger partial charge in [0, 0.05) is 46.9 Å². The number of fused-ring (bicyclic) bond motifs is 3. The summed E-state index contributed by atoms with van der Waals surface area (Å²) in [6.45, 7) is 1.39. The fourth-order valence-electron chi connectivity index (χ4n) is 3.05. The molecule has 0 saturated carbocycles. The second-order valence-corrected chi connectivity index (χ2v) is 6.33. The predicted octanol–water partition coefficient (Wildman–Crippen LogP) is 3.06. The van der Waals surface area contributed by atoms with Crippen molar-refractivity contribution in [2.24, 2.45) is 0 Å². The van der Waals surface area contributed by atoms with Crippen LogP contribution in [0.2, 0.25) is 0 Å². The molecule has 5 nitrogen and oxygen atoms in total. The van der Waals surface area contributed by atoms with Crippen molar-refractivity contribution in [3.05, 3.63) is 45.7 Å². The highest BCUT2D eigenvalue weighted by Crippen LogP contribution is 2.29. The van der Waals surface area contributed by atoms with Crippen LogP contribution in [-0.4, -0.2) is 27.7 Å². The molecule has 4 rings (SSSR count). The SMILES string of the molecule is O=c1c2cc(Br)c3cnccc3c2ncn1C1CCOCC1. The summed E-state index contributed by atoms with van der Waals surface area (Å²) in [5.41, 5.74) is 0.741. The molecule has 0 bridgehead atoms. The maximum absolute atomic E-state index is 12.9. The molecule has 0 aliphatic carbocycles. The average Bonchev–Trinajstić information content (AvgIpc) is 2.57. The minimum Gasteiger partial charge on any atom is -0.381 e. The fraction of sp³-hybridized carbons (Fsp3) is 0.312. The third-order valence-corrected chi connectivity index (χ3v) is 4.88. The zero-order valence-electron chi connectivity index (χ0n) is 11.8. The quantitative estimate of drug-likeness (QED) is 0.626. The van der Waals surface area contributed by atoms with Crippen molar-refractivity contribution < 1.29 is 4.74 Å². The third kappa shape index (κ3) is 2.14. The summed E-state index contributed by atoms with van der Waals surface area (Å²) in [5, 5.41) is 2.54. The maximum atomic E-state index is 12.9. The first-order valence-corrected chi connectivity index (χ1v) is 8.06. The zero-order valence-corrected chi connectivity index (χ0v) is 13.4. The molecule has 3 heterocycles. The van der Waals surface area contributed by atoms with E-state index in [1.807, 2.05) is 12.1 Å². The molecule has 2 aromatic heterocycles. The lowest BCUT2D eigenvalue weighted by atomic mass is 10.1. The lowest BCUT2D eigenvalue weighted by molar-refractivity contribution is 0.0685. The molecule has 0 spiro atoms. The molecular formula is C16H14BrN3O2. The Morgan fingerprint density at radius 3 is 2.86 bits per heavy atom. The first-order chi connectivity index (χ1) is 10.8. The van der Waals surface area contributed by atoms with E-state index in [1.165, 1.54) is 0 Å².